The maximum Gasteiger partial charge on any atom is 0.290 e. The zero-order valence-corrected chi connectivity index (χ0v) is 15.3. The van der Waals surface area contributed by atoms with Crippen LogP contribution in [-0.2, 0) is 9.53 Å². The first-order chi connectivity index (χ1) is 11.4. The molecular weight excluding hydrogens is 306 g/mol. The molecule has 6 nitrogen and oxygen atoms in total. The Morgan fingerprint density at radius 3 is 2.58 bits per heavy atom. The summed E-state index contributed by atoms with van der Waals surface area (Å²) in [6.07, 6.45) is 2.32. The van der Waals surface area contributed by atoms with Crippen LogP contribution in [0.3, 0.4) is 0 Å². The number of carbonyl (C=O) groups is 1. The monoisotopic (exact) mass is 333 g/mol. The van der Waals surface area contributed by atoms with E-state index in [0.29, 0.717) is 18.9 Å². The van der Waals surface area contributed by atoms with Crippen molar-refractivity contribution in [3.05, 3.63) is 29.5 Å². The molecule has 0 aromatic heterocycles. The third-order valence-electron chi connectivity index (χ3n) is 3.03. The number of carbonyl (C=O) groups excluding carboxylic acids is 1. The van der Waals surface area contributed by atoms with Gasteiger partial charge in [0.2, 0.25) is 0 Å². The topological polar surface area (TPSA) is 63.2 Å². The van der Waals surface area contributed by atoms with Crippen LogP contribution < -0.4 is 15.0 Å². The molecule has 6 heteroatoms. The van der Waals surface area contributed by atoms with E-state index in [-0.39, 0.29) is 11.8 Å². The van der Waals surface area contributed by atoms with Crippen molar-refractivity contribution in [2.24, 2.45) is 4.99 Å². The SMILES string of the molecule is CCNC(=NC(C)C)O/C(C=O)=C/c1ccc(N(C)C)c(OC)c1. The van der Waals surface area contributed by atoms with Crippen LogP contribution >= 0.6 is 0 Å². The highest BCUT2D eigenvalue weighted by Crippen LogP contribution is 2.28. The van der Waals surface area contributed by atoms with Gasteiger partial charge in [-0.1, -0.05) is 6.07 Å². The van der Waals surface area contributed by atoms with E-state index in [4.69, 9.17) is 9.47 Å². The summed E-state index contributed by atoms with van der Waals surface area (Å²) in [5, 5.41) is 3.01. The summed E-state index contributed by atoms with van der Waals surface area (Å²) in [6, 6.07) is 6.08. The fourth-order valence-corrected chi connectivity index (χ4v) is 2.01. The molecule has 0 atom stereocenters. The Balaban J connectivity index is 3.09. The fourth-order valence-electron chi connectivity index (χ4n) is 2.01. The summed E-state index contributed by atoms with van der Waals surface area (Å²) < 4.78 is 11.0. The van der Waals surface area contributed by atoms with Crippen molar-refractivity contribution in [1.29, 1.82) is 0 Å². The molecule has 1 aromatic carbocycles. The highest BCUT2D eigenvalue weighted by atomic mass is 16.5. The summed E-state index contributed by atoms with van der Waals surface area (Å²) in [7, 11) is 5.50. The lowest BCUT2D eigenvalue weighted by molar-refractivity contribution is -0.106. The first-order valence-electron chi connectivity index (χ1n) is 7.93. The number of rotatable bonds is 7. The highest BCUT2D eigenvalue weighted by molar-refractivity contribution is 5.86. The molecule has 0 saturated heterocycles. The minimum absolute atomic E-state index is 0.0615. The van der Waals surface area contributed by atoms with Gasteiger partial charge >= 0.3 is 0 Å². The number of nitrogens with zero attached hydrogens (tertiary/aromatic N) is 2. The number of methoxy groups -OCH3 is 1. The number of allylic oxidation sites excluding steroid dienone is 1. The second-order valence-electron chi connectivity index (χ2n) is 5.65. The highest BCUT2D eigenvalue weighted by Gasteiger charge is 2.08. The predicted octanol–water partition coefficient (Wildman–Crippen LogP) is 2.69. The quantitative estimate of drug-likeness (QED) is 0.273. The number of benzene rings is 1. The van der Waals surface area contributed by atoms with Crippen LogP contribution in [0.15, 0.2) is 29.0 Å². The number of amidine groups is 1. The molecule has 0 bridgehead atoms. The van der Waals surface area contributed by atoms with E-state index in [1.165, 1.54) is 0 Å². The molecule has 0 aliphatic heterocycles. The second kappa shape index (κ2) is 9.60. The van der Waals surface area contributed by atoms with E-state index in [1.807, 2.05) is 58.0 Å². The van der Waals surface area contributed by atoms with Crippen molar-refractivity contribution in [2.45, 2.75) is 26.8 Å². The van der Waals surface area contributed by atoms with Gasteiger partial charge in [-0.15, -0.1) is 0 Å². The van der Waals surface area contributed by atoms with E-state index in [1.54, 1.807) is 13.2 Å². The third kappa shape index (κ3) is 5.95. The number of anilines is 1. The standard InChI is InChI=1S/C18H27N3O3/c1-7-19-18(20-13(2)3)24-15(12-22)10-14-8-9-16(21(4)5)17(11-14)23-6/h8-13H,7H2,1-6H3,(H,19,20)/b15-10+. The van der Waals surface area contributed by atoms with E-state index in [0.717, 1.165) is 17.0 Å². The third-order valence-corrected chi connectivity index (χ3v) is 3.03. The smallest absolute Gasteiger partial charge is 0.290 e. The molecule has 1 aromatic rings. The van der Waals surface area contributed by atoms with Crippen molar-refractivity contribution in [1.82, 2.24) is 5.32 Å². The summed E-state index contributed by atoms with van der Waals surface area (Å²) in [6.45, 7) is 6.48. The molecule has 0 spiro atoms. The van der Waals surface area contributed by atoms with Gasteiger partial charge in [0.05, 0.1) is 12.8 Å². The van der Waals surface area contributed by atoms with Gasteiger partial charge < -0.3 is 19.7 Å². The minimum Gasteiger partial charge on any atom is -0.495 e. The first-order valence-corrected chi connectivity index (χ1v) is 7.93. The van der Waals surface area contributed by atoms with Crippen molar-refractivity contribution in [3.8, 4) is 5.75 Å². The zero-order chi connectivity index (χ0) is 18.1. The molecule has 132 valence electrons. The van der Waals surface area contributed by atoms with Crippen LogP contribution in [0.5, 0.6) is 5.75 Å². The Bertz CT molecular complexity index is 608. The molecule has 0 amide bonds. The van der Waals surface area contributed by atoms with Gasteiger partial charge in [-0.05, 0) is 44.5 Å². The summed E-state index contributed by atoms with van der Waals surface area (Å²) in [5.41, 5.74) is 1.76. The van der Waals surface area contributed by atoms with Crippen LogP contribution in [0.2, 0.25) is 0 Å². The molecule has 0 aliphatic carbocycles. The number of nitrogens with one attached hydrogen (secondary N) is 1. The van der Waals surface area contributed by atoms with Crippen molar-refractivity contribution in [2.75, 3.05) is 32.6 Å². The van der Waals surface area contributed by atoms with Crippen molar-refractivity contribution >= 4 is 24.1 Å². The van der Waals surface area contributed by atoms with Gasteiger partial charge in [0.15, 0.2) is 12.0 Å². The van der Waals surface area contributed by atoms with Crippen LogP contribution in [0.4, 0.5) is 5.69 Å². The molecule has 0 radical (unpaired) electrons. The van der Waals surface area contributed by atoms with Gasteiger partial charge in [0.1, 0.15) is 5.75 Å². The molecule has 0 aliphatic rings. The van der Waals surface area contributed by atoms with E-state index < -0.39 is 0 Å². The molecule has 1 N–H and O–H groups in total. The van der Waals surface area contributed by atoms with E-state index >= 15 is 0 Å². The Labute approximate surface area is 144 Å². The fraction of sp³-hybridized carbons (Fsp3) is 0.444. The maximum absolute atomic E-state index is 11.3. The van der Waals surface area contributed by atoms with E-state index in [9.17, 15) is 4.79 Å². The zero-order valence-electron chi connectivity index (χ0n) is 15.3. The minimum atomic E-state index is 0.0615. The van der Waals surface area contributed by atoms with Crippen LogP contribution in [0.25, 0.3) is 6.08 Å². The number of aldehydes is 1. The van der Waals surface area contributed by atoms with E-state index in [2.05, 4.69) is 10.3 Å². The molecule has 0 fully saturated rings. The number of hydrogen-bond acceptors (Lipinski definition) is 5. The Kier molecular flexibility index (Phi) is 7.82. The molecular formula is C18H27N3O3. The number of hydrogen-bond donors (Lipinski definition) is 1. The van der Waals surface area contributed by atoms with Crippen LogP contribution in [0, 0.1) is 0 Å². The van der Waals surface area contributed by atoms with Crippen LogP contribution in [0.1, 0.15) is 26.3 Å². The van der Waals surface area contributed by atoms with Gasteiger partial charge in [0.25, 0.3) is 6.02 Å². The van der Waals surface area contributed by atoms with Gasteiger partial charge in [-0.2, -0.15) is 0 Å². The molecule has 0 saturated carbocycles. The Morgan fingerprint density at radius 1 is 1.38 bits per heavy atom. The first kappa shape index (κ1) is 19.5. The second-order valence-corrected chi connectivity index (χ2v) is 5.65. The lowest BCUT2D eigenvalue weighted by Gasteiger charge is -2.17. The average Bonchev–Trinajstić information content (AvgIpc) is 2.53. The maximum atomic E-state index is 11.3. The summed E-state index contributed by atoms with van der Waals surface area (Å²) in [4.78, 5) is 17.6. The summed E-state index contributed by atoms with van der Waals surface area (Å²) in [5.74, 6) is 0.900. The van der Waals surface area contributed by atoms with Crippen LogP contribution in [-0.4, -0.2) is 46.1 Å². The molecule has 1 rings (SSSR count). The van der Waals surface area contributed by atoms with Crippen molar-refractivity contribution in [3.63, 3.8) is 0 Å². The molecule has 0 unspecified atom stereocenters. The predicted molar refractivity (Wildman–Crippen MR) is 98.7 cm³/mol. The van der Waals surface area contributed by atoms with Gasteiger partial charge in [-0.25, -0.2) is 4.99 Å². The Morgan fingerprint density at radius 2 is 2.08 bits per heavy atom. The van der Waals surface area contributed by atoms with Gasteiger partial charge in [0, 0.05) is 26.7 Å². The molecule has 0 heterocycles. The van der Waals surface area contributed by atoms with Crippen molar-refractivity contribution < 1.29 is 14.3 Å². The Hall–Kier alpha value is -2.50. The number of aliphatic imine (C=N–C) groups is 1. The molecule has 24 heavy (non-hydrogen) atoms. The summed E-state index contributed by atoms with van der Waals surface area (Å²) >= 11 is 0. The van der Waals surface area contributed by atoms with Gasteiger partial charge in [-0.3, -0.25) is 4.79 Å². The average molecular weight is 333 g/mol. The lowest BCUT2D eigenvalue weighted by Crippen LogP contribution is -2.27. The normalized spacial score (nSPS) is 12.1. The largest absolute Gasteiger partial charge is 0.495 e. The lowest BCUT2D eigenvalue weighted by atomic mass is 10.1. The number of ether oxygens (including phenoxy) is 2.